The van der Waals surface area contributed by atoms with E-state index in [9.17, 15) is 0 Å². The van der Waals surface area contributed by atoms with Crippen molar-refractivity contribution in [3.05, 3.63) is 0 Å². The number of hydrogen-bond acceptors (Lipinski definition) is 2. The molecule has 4 N–H and O–H groups in total. The van der Waals surface area contributed by atoms with Crippen LogP contribution in [0.4, 0.5) is 0 Å². The van der Waals surface area contributed by atoms with E-state index in [1.54, 1.807) is 0 Å². The van der Waals surface area contributed by atoms with Crippen LogP contribution in [0.15, 0.2) is 0 Å². The highest BCUT2D eigenvalue weighted by molar-refractivity contribution is 5.00. The first-order chi connectivity index (χ1) is 3.81. The van der Waals surface area contributed by atoms with Gasteiger partial charge < -0.3 is 11.5 Å². The highest BCUT2D eigenvalue weighted by Crippen LogP contribution is 2.38. The molecule has 1 saturated carbocycles. The van der Waals surface area contributed by atoms with Gasteiger partial charge in [-0.1, -0.05) is 13.3 Å². The van der Waals surface area contributed by atoms with Gasteiger partial charge in [-0.15, -0.1) is 0 Å². The largest absolute Gasteiger partial charge is 0.330 e. The van der Waals surface area contributed by atoms with Gasteiger partial charge in [0.2, 0.25) is 0 Å². The molecule has 1 aliphatic carbocycles. The maximum absolute atomic E-state index is 5.65. The van der Waals surface area contributed by atoms with Gasteiger partial charge in [-0.2, -0.15) is 0 Å². The number of hydrogen-bond donors (Lipinski definition) is 2. The fourth-order valence-electron chi connectivity index (χ4n) is 1.38. The van der Waals surface area contributed by atoms with E-state index in [2.05, 4.69) is 6.92 Å². The molecule has 8 heavy (non-hydrogen) atoms. The molecule has 0 aliphatic heterocycles. The molecule has 0 saturated heterocycles. The van der Waals surface area contributed by atoms with Crippen LogP contribution >= 0.6 is 0 Å². The van der Waals surface area contributed by atoms with E-state index in [0.29, 0.717) is 12.0 Å². The Labute approximate surface area is 50.2 Å². The van der Waals surface area contributed by atoms with Crippen LogP contribution in [0.25, 0.3) is 0 Å². The molecule has 0 spiro atoms. The Morgan fingerprint density at radius 2 is 2.00 bits per heavy atom. The Kier molecular flexibility index (Phi) is 1.54. The van der Waals surface area contributed by atoms with Gasteiger partial charge in [0.05, 0.1) is 0 Å². The summed E-state index contributed by atoms with van der Waals surface area (Å²) in [6.45, 7) is 2.94. The Morgan fingerprint density at radius 1 is 1.38 bits per heavy atom. The lowest BCUT2D eigenvalue weighted by atomic mass is 10.2. The molecular formula is C6H14N2. The molecule has 2 heteroatoms. The molecule has 0 radical (unpaired) electrons. The standard InChI is InChI=1S/C6H14N2/c1-2-4-5(3-7)6(4)8/h4-6H,2-3,7-8H2,1H3. The fourth-order valence-corrected chi connectivity index (χ4v) is 1.38. The molecule has 0 aromatic carbocycles. The zero-order chi connectivity index (χ0) is 6.15. The van der Waals surface area contributed by atoms with E-state index in [-0.39, 0.29) is 0 Å². The molecule has 0 aromatic heterocycles. The molecule has 1 fully saturated rings. The second-order valence-corrected chi connectivity index (χ2v) is 2.55. The zero-order valence-corrected chi connectivity index (χ0v) is 5.30. The quantitative estimate of drug-likeness (QED) is 0.528. The molecule has 0 amide bonds. The second-order valence-electron chi connectivity index (χ2n) is 2.55. The van der Waals surface area contributed by atoms with Crippen LogP contribution in [-0.2, 0) is 0 Å². The van der Waals surface area contributed by atoms with Gasteiger partial charge in [0.25, 0.3) is 0 Å². The van der Waals surface area contributed by atoms with E-state index in [0.717, 1.165) is 12.5 Å². The lowest BCUT2D eigenvalue weighted by molar-refractivity contribution is 0.687. The van der Waals surface area contributed by atoms with Crippen molar-refractivity contribution < 1.29 is 0 Å². The van der Waals surface area contributed by atoms with Gasteiger partial charge in [-0.3, -0.25) is 0 Å². The van der Waals surface area contributed by atoms with Gasteiger partial charge in [-0.25, -0.2) is 0 Å². The molecule has 3 atom stereocenters. The van der Waals surface area contributed by atoms with Crippen molar-refractivity contribution >= 4 is 0 Å². The normalized spacial score (nSPS) is 44.6. The fraction of sp³-hybridized carbons (Fsp3) is 1.00. The first-order valence-electron chi connectivity index (χ1n) is 3.27. The minimum absolute atomic E-state index is 0.421. The zero-order valence-electron chi connectivity index (χ0n) is 5.30. The summed E-state index contributed by atoms with van der Waals surface area (Å²) in [7, 11) is 0. The van der Waals surface area contributed by atoms with Gasteiger partial charge in [0.1, 0.15) is 0 Å². The Hall–Kier alpha value is -0.0800. The van der Waals surface area contributed by atoms with Gasteiger partial charge >= 0.3 is 0 Å². The maximum Gasteiger partial charge on any atom is 0.0114 e. The van der Waals surface area contributed by atoms with Crippen molar-refractivity contribution in [1.29, 1.82) is 0 Å². The van der Waals surface area contributed by atoms with Crippen LogP contribution in [0.5, 0.6) is 0 Å². The highest BCUT2D eigenvalue weighted by Gasteiger charge is 2.44. The summed E-state index contributed by atoms with van der Waals surface area (Å²) in [5.41, 5.74) is 11.1. The third-order valence-corrected chi connectivity index (χ3v) is 2.14. The molecule has 3 unspecified atom stereocenters. The van der Waals surface area contributed by atoms with Crippen molar-refractivity contribution in [2.75, 3.05) is 6.54 Å². The minimum Gasteiger partial charge on any atom is -0.330 e. The van der Waals surface area contributed by atoms with E-state index in [4.69, 9.17) is 11.5 Å². The van der Waals surface area contributed by atoms with Crippen molar-refractivity contribution in [2.45, 2.75) is 19.4 Å². The molecular weight excluding hydrogens is 100 g/mol. The lowest BCUT2D eigenvalue weighted by Gasteiger charge is -1.84. The first-order valence-corrected chi connectivity index (χ1v) is 3.27. The minimum atomic E-state index is 0.421. The van der Waals surface area contributed by atoms with Crippen LogP contribution < -0.4 is 11.5 Å². The Balaban J connectivity index is 2.23. The van der Waals surface area contributed by atoms with E-state index < -0.39 is 0 Å². The van der Waals surface area contributed by atoms with Crippen LogP contribution in [0.3, 0.4) is 0 Å². The molecule has 48 valence electrons. The average molecular weight is 114 g/mol. The van der Waals surface area contributed by atoms with Crippen LogP contribution in [0.1, 0.15) is 13.3 Å². The predicted octanol–water partition coefficient (Wildman–Crippen LogP) is -0.0716. The van der Waals surface area contributed by atoms with Crippen LogP contribution in [0, 0.1) is 11.8 Å². The van der Waals surface area contributed by atoms with Crippen LogP contribution in [0.2, 0.25) is 0 Å². The third-order valence-electron chi connectivity index (χ3n) is 2.14. The van der Waals surface area contributed by atoms with Gasteiger partial charge in [-0.05, 0) is 18.4 Å². The van der Waals surface area contributed by atoms with E-state index in [1.807, 2.05) is 0 Å². The number of nitrogens with two attached hydrogens (primary N) is 2. The summed E-state index contributed by atoms with van der Waals surface area (Å²) >= 11 is 0. The maximum atomic E-state index is 5.65. The highest BCUT2D eigenvalue weighted by atomic mass is 14.8. The predicted molar refractivity (Wildman–Crippen MR) is 34.3 cm³/mol. The average Bonchev–Trinajstić information content (AvgIpc) is 2.40. The van der Waals surface area contributed by atoms with Gasteiger partial charge in [0.15, 0.2) is 0 Å². The van der Waals surface area contributed by atoms with Crippen molar-refractivity contribution in [3.8, 4) is 0 Å². The van der Waals surface area contributed by atoms with E-state index >= 15 is 0 Å². The lowest BCUT2D eigenvalue weighted by Crippen LogP contribution is -2.09. The molecule has 0 bridgehead atoms. The first kappa shape index (κ1) is 6.05. The topological polar surface area (TPSA) is 52.0 Å². The summed E-state index contributed by atoms with van der Waals surface area (Å²) in [5, 5.41) is 0. The van der Waals surface area contributed by atoms with Crippen molar-refractivity contribution in [1.82, 2.24) is 0 Å². The molecule has 0 aromatic rings. The Morgan fingerprint density at radius 3 is 2.12 bits per heavy atom. The summed E-state index contributed by atoms with van der Waals surface area (Å²) in [4.78, 5) is 0. The summed E-state index contributed by atoms with van der Waals surface area (Å²) in [6.07, 6.45) is 1.20. The summed E-state index contributed by atoms with van der Waals surface area (Å²) in [6, 6.07) is 0.421. The third kappa shape index (κ3) is 0.740. The monoisotopic (exact) mass is 114 g/mol. The molecule has 2 nitrogen and oxygen atoms in total. The van der Waals surface area contributed by atoms with Crippen LogP contribution in [-0.4, -0.2) is 12.6 Å². The number of rotatable bonds is 2. The van der Waals surface area contributed by atoms with Crippen molar-refractivity contribution in [3.63, 3.8) is 0 Å². The molecule has 1 aliphatic rings. The Bertz CT molecular complexity index is 72.6. The second kappa shape index (κ2) is 2.03. The smallest absolute Gasteiger partial charge is 0.0114 e. The van der Waals surface area contributed by atoms with Gasteiger partial charge in [0, 0.05) is 6.04 Å². The van der Waals surface area contributed by atoms with E-state index in [1.165, 1.54) is 6.42 Å². The SMILES string of the molecule is CCC1C(N)C1CN. The van der Waals surface area contributed by atoms with Crippen molar-refractivity contribution in [2.24, 2.45) is 23.3 Å². The molecule has 1 rings (SSSR count). The summed E-state index contributed by atoms with van der Waals surface area (Å²) in [5.74, 6) is 1.37. The summed E-state index contributed by atoms with van der Waals surface area (Å²) < 4.78 is 0. The molecule has 0 heterocycles.